The highest BCUT2D eigenvalue weighted by molar-refractivity contribution is 8.15. The van der Waals surface area contributed by atoms with Gasteiger partial charge in [0.25, 0.3) is 11.1 Å². The summed E-state index contributed by atoms with van der Waals surface area (Å²) in [6.07, 6.45) is 0. The summed E-state index contributed by atoms with van der Waals surface area (Å²) in [6, 6.07) is 19.8. The van der Waals surface area contributed by atoms with Gasteiger partial charge in [0.1, 0.15) is 0 Å². The minimum Gasteiger partial charge on any atom is -0.478 e. The Morgan fingerprint density at radius 2 is 1.79 bits per heavy atom. The summed E-state index contributed by atoms with van der Waals surface area (Å²) in [5, 5.41) is 13.2. The molecule has 1 fully saturated rings. The van der Waals surface area contributed by atoms with Gasteiger partial charge in [-0.25, -0.2) is 4.79 Å². The van der Waals surface area contributed by atoms with E-state index in [9.17, 15) is 14.4 Å². The molecule has 0 bridgehead atoms. The van der Waals surface area contributed by atoms with Crippen LogP contribution in [0.4, 0.5) is 10.5 Å². The van der Waals surface area contributed by atoms with Crippen LogP contribution in [0.1, 0.15) is 15.9 Å². The van der Waals surface area contributed by atoms with Gasteiger partial charge in [0.15, 0.2) is 5.37 Å². The predicted octanol–water partition coefficient (Wildman–Crippen LogP) is 4.17. The molecule has 1 aliphatic rings. The number of nitrogens with zero attached hydrogens (tertiary/aromatic N) is 1. The number of carboxylic acid groups (broad SMARTS) is 1. The summed E-state index contributed by atoms with van der Waals surface area (Å²) in [5.41, 5.74) is 1.49. The molecule has 0 radical (unpaired) electrons. The molecule has 6 nitrogen and oxygen atoms in total. The van der Waals surface area contributed by atoms with Gasteiger partial charge < -0.3 is 10.4 Å². The van der Waals surface area contributed by atoms with Crippen molar-refractivity contribution in [3.05, 3.63) is 77.9 Å². The van der Waals surface area contributed by atoms with Crippen LogP contribution in [-0.4, -0.2) is 32.5 Å². The first-order valence-electron chi connectivity index (χ1n) is 8.61. The van der Waals surface area contributed by atoms with Gasteiger partial charge >= 0.3 is 5.97 Å². The number of imide groups is 1. The van der Waals surface area contributed by atoms with Gasteiger partial charge in [-0.1, -0.05) is 48.5 Å². The Bertz CT molecular complexity index is 1090. The Kier molecular flexibility index (Phi) is 4.75. The van der Waals surface area contributed by atoms with Crippen molar-refractivity contribution in [2.45, 2.75) is 11.9 Å². The first kappa shape index (κ1) is 18.1. The van der Waals surface area contributed by atoms with Crippen LogP contribution in [0.25, 0.3) is 10.8 Å². The Hall–Kier alpha value is -3.32. The molecular formula is C21H16N2O4S. The molecule has 4 rings (SSSR count). The van der Waals surface area contributed by atoms with Gasteiger partial charge in [-0.3, -0.25) is 14.5 Å². The number of fused-ring (bicyclic) bond motifs is 1. The van der Waals surface area contributed by atoms with E-state index in [0.717, 1.165) is 33.1 Å². The lowest BCUT2D eigenvalue weighted by molar-refractivity contribution is -0.126. The average Bonchev–Trinajstić information content (AvgIpc) is 2.96. The highest BCUT2D eigenvalue weighted by atomic mass is 32.2. The lowest BCUT2D eigenvalue weighted by atomic mass is 10.1. The second-order valence-corrected chi connectivity index (χ2v) is 7.42. The minimum absolute atomic E-state index is 0.0412. The monoisotopic (exact) mass is 392 g/mol. The van der Waals surface area contributed by atoms with Crippen molar-refractivity contribution in [1.29, 1.82) is 0 Å². The number of rotatable bonds is 5. The van der Waals surface area contributed by atoms with E-state index in [2.05, 4.69) is 5.32 Å². The number of thioether (sulfide) groups is 1. The van der Waals surface area contributed by atoms with Gasteiger partial charge in [0.2, 0.25) is 0 Å². The first-order chi connectivity index (χ1) is 13.5. The Morgan fingerprint density at radius 3 is 2.61 bits per heavy atom. The molecule has 0 unspecified atom stereocenters. The fourth-order valence-corrected chi connectivity index (χ4v) is 4.06. The summed E-state index contributed by atoms with van der Waals surface area (Å²) in [5.74, 6) is -1.39. The maximum Gasteiger partial charge on any atom is 0.335 e. The predicted molar refractivity (Wildman–Crippen MR) is 108 cm³/mol. The number of hydrogen-bond donors (Lipinski definition) is 2. The number of anilines is 1. The topological polar surface area (TPSA) is 86.7 Å². The standard InChI is InChI=1S/C21H16N2O4S/c24-19-18(22-17-10-4-7-14-6-1-2-9-16(14)17)28-21(27)23(19)12-13-5-3-8-15(11-13)20(25)26/h1-11,18,22H,12H2,(H,25,26)/t18-/m1/s1. The van der Waals surface area contributed by atoms with Gasteiger partial charge in [0.05, 0.1) is 12.1 Å². The van der Waals surface area contributed by atoms with E-state index in [4.69, 9.17) is 5.11 Å². The molecule has 3 aromatic carbocycles. The molecule has 28 heavy (non-hydrogen) atoms. The van der Waals surface area contributed by atoms with Crippen molar-refractivity contribution in [2.75, 3.05) is 5.32 Å². The minimum atomic E-state index is -1.05. The van der Waals surface area contributed by atoms with Crippen molar-refractivity contribution in [1.82, 2.24) is 4.90 Å². The number of carbonyl (C=O) groups excluding carboxylic acids is 2. The SMILES string of the molecule is O=C(O)c1cccc(CN2C(=O)S[C@@H](Nc3cccc4ccccc34)C2=O)c1. The third-order valence-electron chi connectivity index (χ3n) is 4.52. The van der Waals surface area contributed by atoms with E-state index in [0.29, 0.717) is 5.56 Å². The highest BCUT2D eigenvalue weighted by Crippen LogP contribution is 2.32. The molecule has 140 valence electrons. The fourth-order valence-electron chi connectivity index (χ4n) is 3.16. The molecule has 1 atom stereocenters. The van der Waals surface area contributed by atoms with Crippen molar-refractivity contribution < 1.29 is 19.5 Å². The quantitative estimate of drug-likeness (QED) is 0.678. The smallest absolute Gasteiger partial charge is 0.335 e. The maximum absolute atomic E-state index is 12.8. The van der Waals surface area contributed by atoms with Crippen molar-refractivity contribution in [3.8, 4) is 0 Å². The van der Waals surface area contributed by atoms with Gasteiger partial charge in [0, 0.05) is 11.1 Å². The van der Waals surface area contributed by atoms with Gasteiger partial charge in [-0.2, -0.15) is 0 Å². The zero-order chi connectivity index (χ0) is 19.7. The highest BCUT2D eigenvalue weighted by Gasteiger charge is 2.39. The van der Waals surface area contributed by atoms with E-state index in [1.54, 1.807) is 12.1 Å². The van der Waals surface area contributed by atoms with Crippen LogP contribution < -0.4 is 5.32 Å². The van der Waals surface area contributed by atoms with E-state index in [-0.39, 0.29) is 23.3 Å². The van der Waals surface area contributed by atoms with Crippen molar-refractivity contribution in [3.63, 3.8) is 0 Å². The Labute approximate surface area is 165 Å². The zero-order valence-corrected chi connectivity index (χ0v) is 15.5. The van der Waals surface area contributed by atoms with E-state index >= 15 is 0 Å². The van der Waals surface area contributed by atoms with E-state index in [1.165, 1.54) is 12.1 Å². The van der Waals surface area contributed by atoms with E-state index < -0.39 is 11.3 Å². The van der Waals surface area contributed by atoms with Crippen LogP contribution in [0.15, 0.2) is 66.7 Å². The molecule has 0 aliphatic carbocycles. The van der Waals surface area contributed by atoms with Crippen LogP contribution in [0.5, 0.6) is 0 Å². The lowest BCUT2D eigenvalue weighted by Gasteiger charge is -2.16. The van der Waals surface area contributed by atoms with Crippen molar-refractivity contribution >= 4 is 45.3 Å². The maximum atomic E-state index is 12.8. The van der Waals surface area contributed by atoms with Gasteiger partial charge in [-0.05, 0) is 40.9 Å². The number of carboxylic acids is 1. The van der Waals surface area contributed by atoms with Crippen molar-refractivity contribution in [2.24, 2.45) is 0 Å². The number of benzene rings is 3. The third kappa shape index (κ3) is 3.44. The molecule has 2 N–H and O–H groups in total. The van der Waals surface area contributed by atoms with Gasteiger partial charge in [-0.15, -0.1) is 0 Å². The zero-order valence-electron chi connectivity index (χ0n) is 14.7. The summed E-state index contributed by atoms with van der Waals surface area (Å²) in [7, 11) is 0. The first-order valence-corrected chi connectivity index (χ1v) is 9.49. The molecule has 0 aromatic heterocycles. The number of aromatic carboxylic acids is 1. The molecule has 1 heterocycles. The van der Waals surface area contributed by atoms with Crippen LogP contribution in [0.3, 0.4) is 0 Å². The van der Waals surface area contributed by atoms with E-state index in [1.807, 2.05) is 42.5 Å². The van der Waals surface area contributed by atoms with Crippen LogP contribution in [0, 0.1) is 0 Å². The third-order valence-corrected chi connectivity index (χ3v) is 5.50. The second-order valence-electron chi connectivity index (χ2n) is 6.36. The second kappa shape index (κ2) is 7.36. The van der Waals surface area contributed by atoms with Crippen LogP contribution in [-0.2, 0) is 11.3 Å². The average molecular weight is 392 g/mol. The lowest BCUT2D eigenvalue weighted by Crippen LogP contribution is -2.34. The summed E-state index contributed by atoms with van der Waals surface area (Å²) >= 11 is 0.925. The molecule has 7 heteroatoms. The molecule has 0 saturated carbocycles. The number of carbonyl (C=O) groups is 3. The summed E-state index contributed by atoms with van der Waals surface area (Å²) in [6.45, 7) is 0.0412. The molecule has 0 spiro atoms. The summed E-state index contributed by atoms with van der Waals surface area (Å²) in [4.78, 5) is 37.4. The molecule has 1 aliphatic heterocycles. The molecule has 3 aromatic rings. The number of nitrogens with one attached hydrogen (secondary N) is 1. The molecular weight excluding hydrogens is 376 g/mol. The molecule has 1 saturated heterocycles. The summed E-state index contributed by atoms with van der Waals surface area (Å²) < 4.78 is 0. The fraction of sp³-hybridized carbons (Fsp3) is 0.0952. The number of hydrogen-bond acceptors (Lipinski definition) is 5. The number of amides is 2. The Balaban J connectivity index is 1.54. The Morgan fingerprint density at radius 1 is 1.04 bits per heavy atom. The van der Waals surface area contributed by atoms with Crippen LogP contribution >= 0.6 is 11.8 Å². The molecule has 2 amide bonds. The normalized spacial score (nSPS) is 16.6. The van der Waals surface area contributed by atoms with Crippen LogP contribution in [0.2, 0.25) is 0 Å². The largest absolute Gasteiger partial charge is 0.478 e.